The van der Waals surface area contributed by atoms with Crippen molar-refractivity contribution >= 4 is 34.9 Å². The molecule has 1 aromatic carbocycles. The number of aliphatic imine (C=N–C) groups is 1. The van der Waals surface area contributed by atoms with Gasteiger partial charge in [0.25, 0.3) is 5.91 Å². The lowest BCUT2D eigenvalue weighted by Gasteiger charge is -2.11. The Morgan fingerprint density at radius 2 is 2.12 bits per heavy atom. The van der Waals surface area contributed by atoms with E-state index in [1.54, 1.807) is 32.1 Å². The number of amides is 1. The monoisotopic (exact) mass is 348 g/mol. The maximum Gasteiger partial charge on any atom is 0.328 e. The molecule has 1 saturated heterocycles. The van der Waals surface area contributed by atoms with Crippen LogP contribution in [0.4, 0.5) is 0 Å². The van der Waals surface area contributed by atoms with Crippen LogP contribution in [0.25, 0.3) is 6.08 Å². The number of aliphatic carboxylic acids is 1. The van der Waals surface area contributed by atoms with Crippen LogP contribution in [0.1, 0.15) is 19.4 Å². The Hall–Kier alpha value is -2.48. The molecule has 0 aromatic heterocycles. The molecule has 8 heteroatoms. The summed E-state index contributed by atoms with van der Waals surface area (Å²) in [5.74, 6) is -0.184. The van der Waals surface area contributed by atoms with E-state index in [2.05, 4.69) is 10.3 Å². The third-order valence-electron chi connectivity index (χ3n) is 3.49. The topological polar surface area (TPSA) is 97.2 Å². The van der Waals surface area contributed by atoms with Gasteiger partial charge in [-0.15, -0.1) is 0 Å². The number of carboxylic acid groups (broad SMARTS) is 1. The SMILES string of the molecule is CC(C)[C@H](N=C1NC(=O)/C(=C\c2ccc3c(c2)OCO3)S1)C(=O)O. The van der Waals surface area contributed by atoms with Crippen molar-refractivity contribution in [1.29, 1.82) is 0 Å². The summed E-state index contributed by atoms with van der Waals surface area (Å²) in [5, 5.41) is 12.1. The number of benzene rings is 1. The molecule has 1 amide bonds. The fourth-order valence-corrected chi connectivity index (χ4v) is 3.12. The Balaban J connectivity index is 1.81. The number of hydrogen-bond acceptors (Lipinski definition) is 6. The molecule has 2 aliphatic heterocycles. The molecular weight excluding hydrogens is 332 g/mol. The number of nitrogens with one attached hydrogen (secondary N) is 1. The molecule has 0 aliphatic carbocycles. The van der Waals surface area contributed by atoms with Crippen LogP contribution in [0, 0.1) is 5.92 Å². The average Bonchev–Trinajstić information content (AvgIpc) is 3.11. The first kappa shape index (κ1) is 16.4. The Morgan fingerprint density at radius 1 is 1.38 bits per heavy atom. The van der Waals surface area contributed by atoms with Gasteiger partial charge in [0.15, 0.2) is 22.7 Å². The van der Waals surface area contributed by atoms with E-state index >= 15 is 0 Å². The van der Waals surface area contributed by atoms with Crippen LogP contribution in [-0.2, 0) is 9.59 Å². The maximum absolute atomic E-state index is 12.1. The number of amidine groups is 1. The lowest BCUT2D eigenvalue weighted by molar-refractivity contribution is -0.139. The Bertz CT molecular complexity index is 757. The molecule has 2 heterocycles. The highest BCUT2D eigenvalue weighted by molar-refractivity contribution is 8.18. The zero-order chi connectivity index (χ0) is 17.3. The van der Waals surface area contributed by atoms with Crippen molar-refractivity contribution in [2.24, 2.45) is 10.9 Å². The van der Waals surface area contributed by atoms with E-state index in [0.717, 1.165) is 17.3 Å². The summed E-state index contributed by atoms with van der Waals surface area (Å²) in [6.45, 7) is 3.73. The molecule has 2 aliphatic rings. The van der Waals surface area contributed by atoms with Crippen molar-refractivity contribution in [3.05, 3.63) is 28.7 Å². The first-order valence-electron chi connectivity index (χ1n) is 7.35. The number of hydrogen-bond donors (Lipinski definition) is 2. The molecule has 1 fully saturated rings. The average molecular weight is 348 g/mol. The minimum atomic E-state index is -1.01. The second-order valence-corrected chi connectivity index (χ2v) is 6.67. The second-order valence-electron chi connectivity index (χ2n) is 5.64. The van der Waals surface area contributed by atoms with Crippen LogP contribution < -0.4 is 14.8 Å². The molecular formula is C16H16N2O5S. The maximum atomic E-state index is 12.1. The van der Waals surface area contributed by atoms with Crippen molar-refractivity contribution in [3.8, 4) is 11.5 Å². The van der Waals surface area contributed by atoms with Gasteiger partial charge in [-0.1, -0.05) is 19.9 Å². The number of fused-ring (bicyclic) bond motifs is 1. The molecule has 0 radical (unpaired) electrons. The number of carboxylic acids is 1. The summed E-state index contributed by atoms with van der Waals surface area (Å²) in [6.07, 6.45) is 1.70. The molecule has 1 aromatic rings. The van der Waals surface area contributed by atoms with E-state index in [1.165, 1.54) is 0 Å². The van der Waals surface area contributed by atoms with Gasteiger partial charge in [0.2, 0.25) is 6.79 Å². The summed E-state index contributed by atoms with van der Waals surface area (Å²) in [5.41, 5.74) is 0.789. The first-order valence-corrected chi connectivity index (χ1v) is 8.17. The van der Waals surface area contributed by atoms with Gasteiger partial charge in [0, 0.05) is 0 Å². The number of rotatable bonds is 4. The molecule has 1 atom stereocenters. The molecule has 0 unspecified atom stereocenters. The molecule has 0 saturated carbocycles. The molecule has 0 spiro atoms. The third kappa shape index (κ3) is 3.38. The van der Waals surface area contributed by atoms with Crippen LogP contribution in [0.5, 0.6) is 11.5 Å². The fraction of sp³-hybridized carbons (Fsp3) is 0.312. The van der Waals surface area contributed by atoms with Crippen molar-refractivity contribution in [2.45, 2.75) is 19.9 Å². The normalized spacial score (nSPS) is 20.7. The van der Waals surface area contributed by atoms with E-state index < -0.39 is 12.0 Å². The summed E-state index contributed by atoms with van der Waals surface area (Å²) in [6, 6.07) is 4.49. The van der Waals surface area contributed by atoms with E-state index in [1.807, 2.05) is 6.07 Å². The third-order valence-corrected chi connectivity index (χ3v) is 4.41. The lowest BCUT2D eigenvalue weighted by Crippen LogP contribution is -2.28. The number of carbonyl (C=O) groups excluding carboxylic acids is 1. The Labute approximate surface area is 142 Å². The quantitative estimate of drug-likeness (QED) is 0.809. The Morgan fingerprint density at radius 3 is 2.83 bits per heavy atom. The minimum absolute atomic E-state index is 0.172. The standard InChI is InChI=1S/C16H16N2O5S/c1-8(2)13(15(20)21)17-16-18-14(19)12(24-16)6-9-3-4-10-11(5-9)23-7-22-10/h3-6,8,13H,7H2,1-2H3,(H,20,21)(H,17,18,19)/b12-6+/t13-/m0/s1. The van der Waals surface area contributed by atoms with Crippen LogP contribution in [-0.4, -0.2) is 35.0 Å². The van der Waals surface area contributed by atoms with Gasteiger partial charge in [-0.05, 0) is 41.5 Å². The molecule has 126 valence electrons. The van der Waals surface area contributed by atoms with Crippen LogP contribution in [0.2, 0.25) is 0 Å². The van der Waals surface area contributed by atoms with Crippen molar-refractivity contribution in [2.75, 3.05) is 6.79 Å². The number of nitrogens with zero attached hydrogens (tertiary/aromatic N) is 1. The molecule has 3 rings (SSSR count). The van der Waals surface area contributed by atoms with Gasteiger partial charge in [-0.25, -0.2) is 9.79 Å². The first-order chi connectivity index (χ1) is 11.4. The van der Waals surface area contributed by atoms with Crippen LogP contribution in [0.3, 0.4) is 0 Å². The largest absolute Gasteiger partial charge is 0.480 e. The highest BCUT2D eigenvalue weighted by atomic mass is 32.2. The van der Waals surface area contributed by atoms with E-state index in [9.17, 15) is 14.7 Å². The predicted molar refractivity (Wildman–Crippen MR) is 90.0 cm³/mol. The van der Waals surface area contributed by atoms with E-state index in [-0.39, 0.29) is 18.6 Å². The van der Waals surface area contributed by atoms with Gasteiger partial charge >= 0.3 is 5.97 Å². The molecule has 2 N–H and O–H groups in total. The predicted octanol–water partition coefficient (Wildman–Crippen LogP) is 2.08. The van der Waals surface area contributed by atoms with Crippen molar-refractivity contribution in [3.63, 3.8) is 0 Å². The van der Waals surface area contributed by atoms with Crippen LogP contribution in [0.15, 0.2) is 28.1 Å². The summed E-state index contributed by atoms with van der Waals surface area (Å²) < 4.78 is 10.6. The van der Waals surface area contributed by atoms with Crippen LogP contribution >= 0.6 is 11.8 Å². The lowest BCUT2D eigenvalue weighted by atomic mass is 10.1. The van der Waals surface area contributed by atoms with E-state index in [4.69, 9.17) is 9.47 Å². The smallest absolute Gasteiger partial charge is 0.328 e. The Kier molecular flexibility index (Phi) is 4.48. The number of carbonyl (C=O) groups is 2. The highest BCUT2D eigenvalue weighted by Crippen LogP contribution is 2.34. The van der Waals surface area contributed by atoms with E-state index in [0.29, 0.717) is 21.6 Å². The van der Waals surface area contributed by atoms with Gasteiger partial charge in [0.1, 0.15) is 0 Å². The van der Waals surface area contributed by atoms with Gasteiger partial charge in [-0.2, -0.15) is 0 Å². The molecule has 7 nitrogen and oxygen atoms in total. The van der Waals surface area contributed by atoms with Crippen molar-refractivity contribution in [1.82, 2.24) is 5.32 Å². The summed E-state index contributed by atoms with van der Waals surface area (Å²) in [7, 11) is 0. The van der Waals surface area contributed by atoms with Gasteiger partial charge in [0.05, 0.1) is 4.91 Å². The number of ether oxygens (including phenoxy) is 2. The van der Waals surface area contributed by atoms with Gasteiger partial charge in [-0.3, -0.25) is 4.79 Å². The van der Waals surface area contributed by atoms with Gasteiger partial charge < -0.3 is 19.9 Å². The second kappa shape index (κ2) is 6.56. The molecule has 0 bridgehead atoms. The number of thioether (sulfide) groups is 1. The zero-order valence-electron chi connectivity index (χ0n) is 13.1. The fourth-order valence-electron chi connectivity index (χ4n) is 2.26. The molecule has 24 heavy (non-hydrogen) atoms. The summed E-state index contributed by atoms with van der Waals surface area (Å²) in [4.78, 5) is 27.9. The van der Waals surface area contributed by atoms with Crippen molar-refractivity contribution < 1.29 is 24.2 Å². The summed E-state index contributed by atoms with van der Waals surface area (Å²) >= 11 is 1.13. The minimum Gasteiger partial charge on any atom is -0.480 e. The highest BCUT2D eigenvalue weighted by Gasteiger charge is 2.28. The zero-order valence-corrected chi connectivity index (χ0v) is 13.9.